The van der Waals surface area contributed by atoms with Crippen molar-refractivity contribution < 1.29 is 23.7 Å². The normalized spacial score (nSPS) is 28.5. The Balaban J connectivity index is 2.29. The van der Waals surface area contributed by atoms with Gasteiger partial charge in [-0.1, -0.05) is 0 Å². The van der Waals surface area contributed by atoms with Gasteiger partial charge in [0, 0.05) is 30.8 Å². The fourth-order valence-corrected chi connectivity index (χ4v) is 4.49. The zero-order valence-corrected chi connectivity index (χ0v) is 17.1. The molecule has 0 spiro atoms. The van der Waals surface area contributed by atoms with Crippen LogP contribution in [-0.2, 0) is 9.47 Å². The van der Waals surface area contributed by atoms with Crippen molar-refractivity contribution in [2.45, 2.75) is 25.7 Å². The first-order valence-corrected chi connectivity index (χ1v) is 9.19. The third-order valence-corrected chi connectivity index (χ3v) is 5.65. The molecular weight excluding hydrogens is 376 g/mol. The van der Waals surface area contributed by atoms with E-state index in [1.54, 1.807) is 26.0 Å². The van der Waals surface area contributed by atoms with Crippen molar-refractivity contribution >= 4 is 5.84 Å². The molecule has 1 heterocycles. The molecular formula is C20H24N4O5. The standard InChI is InChI=1S/C20H24N4O5/c1-6-28-20(29-7-2)19(11-22)16(18(19,10-21)17(23)24-20)12-8-14(26-4)15(27-5)9-13(12)25-3/h8-9,16H,6-7H2,1-5H3,(H2,23,24). The molecule has 3 unspecified atom stereocenters. The van der Waals surface area contributed by atoms with Crippen LogP contribution in [-0.4, -0.2) is 46.3 Å². The van der Waals surface area contributed by atoms with E-state index in [1.807, 2.05) is 0 Å². The Labute approximate surface area is 169 Å². The van der Waals surface area contributed by atoms with Crippen molar-refractivity contribution in [1.82, 2.24) is 0 Å². The van der Waals surface area contributed by atoms with Crippen LogP contribution in [0.25, 0.3) is 0 Å². The number of ether oxygens (including phenoxy) is 5. The molecule has 1 aliphatic carbocycles. The van der Waals surface area contributed by atoms with Crippen molar-refractivity contribution in [3.05, 3.63) is 17.7 Å². The number of nitriles is 2. The van der Waals surface area contributed by atoms with Gasteiger partial charge in [-0.25, -0.2) is 4.99 Å². The summed E-state index contributed by atoms with van der Waals surface area (Å²) in [6, 6.07) is 7.83. The molecule has 1 aromatic carbocycles. The van der Waals surface area contributed by atoms with Gasteiger partial charge in [-0.15, -0.1) is 0 Å². The van der Waals surface area contributed by atoms with Crippen molar-refractivity contribution in [2.24, 2.45) is 21.6 Å². The fourth-order valence-electron chi connectivity index (χ4n) is 4.49. The summed E-state index contributed by atoms with van der Waals surface area (Å²) in [7, 11) is 4.51. The SMILES string of the molecule is CCOC1(OCC)N=C(N)C2(C#N)C(c3cc(OC)c(OC)cc3OC)C12C#N. The highest BCUT2D eigenvalue weighted by Gasteiger charge is 2.94. The third kappa shape index (κ3) is 2.29. The van der Waals surface area contributed by atoms with Gasteiger partial charge in [-0.3, -0.25) is 0 Å². The summed E-state index contributed by atoms with van der Waals surface area (Å²) in [4.78, 5) is 4.33. The van der Waals surface area contributed by atoms with E-state index < -0.39 is 22.7 Å². The smallest absolute Gasteiger partial charge is 0.293 e. The van der Waals surface area contributed by atoms with Crippen molar-refractivity contribution in [3.8, 4) is 29.4 Å². The highest BCUT2D eigenvalue weighted by molar-refractivity contribution is 6.00. The van der Waals surface area contributed by atoms with Gasteiger partial charge in [-0.2, -0.15) is 10.5 Å². The van der Waals surface area contributed by atoms with E-state index in [0.717, 1.165) is 0 Å². The zero-order chi connectivity index (χ0) is 21.4. The minimum Gasteiger partial charge on any atom is -0.496 e. The van der Waals surface area contributed by atoms with Gasteiger partial charge in [0.05, 0.1) is 33.5 Å². The van der Waals surface area contributed by atoms with Crippen molar-refractivity contribution in [3.63, 3.8) is 0 Å². The molecule has 0 saturated heterocycles. The van der Waals surface area contributed by atoms with Crippen molar-refractivity contribution in [1.29, 1.82) is 10.5 Å². The first kappa shape index (κ1) is 20.7. The molecule has 3 atom stereocenters. The van der Waals surface area contributed by atoms with E-state index in [-0.39, 0.29) is 19.0 Å². The van der Waals surface area contributed by atoms with Crippen LogP contribution in [0.2, 0.25) is 0 Å². The van der Waals surface area contributed by atoms with Gasteiger partial charge in [0.2, 0.25) is 0 Å². The maximum absolute atomic E-state index is 10.3. The summed E-state index contributed by atoms with van der Waals surface area (Å²) >= 11 is 0. The second-order valence-electron chi connectivity index (χ2n) is 6.67. The number of fused-ring (bicyclic) bond motifs is 1. The summed E-state index contributed by atoms with van der Waals surface area (Å²) in [6.45, 7) is 3.96. The molecule has 2 N–H and O–H groups in total. The van der Waals surface area contributed by atoms with Crippen LogP contribution in [0.3, 0.4) is 0 Å². The Morgan fingerprint density at radius 1 is 0.966 bits per heavy atom. The molecule has 3 rings (SSSR count). The molecule has 1 fully saturated rings. The predicted octanol–water partition coefficient (Wildman–Crippen LogP) is 1.93. The van der Waals surface area contributed by atoms with Gasteiger partial charge in [0.15, 0.2) is 16.9 Å². The highest BCUT2D eigenvalue weighted by atomic mass is 16.7. The molecule has 0 bridgehead atoms. The summed E-state index contributed by atoms with van der Waals surface area (Å²) in [5.41, 5.74) is 3.90. The highest BCUT2D eigenvalue weighted by Crippen LogP contribution is 2.82. The number of hydrogen-bond donors (Lipinski definition) is 1. The van der Waals surface area contributed by atoms with Crippen LogP contribution in [0.1, 0.15) is 25.3 Å². The molecule has 1 aromatic rings. The molecule has 29 heavy (non-hydrogen) atoms. The molecule has 0 amide bonds. The number of nitrogens with two attached hydrogens (primary N) is 1. The van der Waals surface area contributed by atoms with Crippen LogP contribution in [0, 0.1) is 33.5 Å². The summed E-state index contributed by atoms with van der Waals surface area (Å²) in [5.74, 6) is -1.06. The van der Waals surface area contributed by atoms with Crippen LogP contribution in [0.4, 0.5) is 0 Å². The van der Waals surface area contributed by atoms with Gasteiger partial charge >= 0.3 is 0 Å². The number of benzene rings is 1. The second-order valence-corrected chi connectivity index (χ2v) is 6.67. The molecule has 9 heteroatoms. The number of nitrogens with zero attached hydrogens (tertiary/aromatic N) is 3. The van der Waals surface area contributed by atoms with Crippen molar-refractivity contribution in [2.75, 3.05) is 34.5 Å². The van der Waals surface area contributed by atoms with E-state index in [0.29, 0.717) is 22.8 Å². The number of amidine groups is 1. The molecule has 1 aliphatic heterocycles. The lowest BCUT2D eigenvalue weighted by atomic mass is 9.93. The van der Waals surface area contributed by atoms with Crippen LogP contribution >= 0.6 is 0 Å². The van der Waals surface area contributed by atoms with Crippen LogP contribution in [0.5, 0.6) is 17.2 Å². The summed E-state index contributed by atoms with van der Waals surface area (Å²) < 4.78 is 28.0. The van der Waals surface area contributed by atoms with E-state index >= 15 is 0 Å². The Morgan fingerprint density at radius 2 is 1.52 bits per heavy atom. The maximum atomic E-state index is 10.3. The minimum atomic E-state index is -1.69. The van der Waals surface area contributed by atoms with Gasteiger partial charge in [-0.05, 0) is 19.9 Å². The topological polar surface area (TPSA) is 132 Å². The number of aliphatic imine (C=N–C) groups is 1. The fraction of sp³-hybridized carbons (Fsp3) is 0.550. The largest absolute Gasteiger partial charge is 0.496 e. The maximum Gasteiger partial charge on any atom is 0.293 e. The summed E-state index contributed by atoms with van der Waals surface area (Å²) in [5, 5.41) is 20.5. The number of hydrogen-bond acceptors (Lipinski definition) is 9. The molecule has 2 aliphatic rings. The third-order valence-electron chi connectivity index (χ3n) is 5.65. The monoisotopic (exact) mass is 400 g/mol. The zero-order valence-electron chi connectivity index (χ0n) is 17.1. The Hall–Kier alpha value is -3.01. The predicted molar refractivity (Wildman–Crippen MR) is 103 cm³/mol. The molecule has 1 saturated carbocycles. The molecule has 0 radical (unpaired) electrons. The summed E-state index contributed by atoms with van der Waals surface area (Å²) in [6.07, 6.45) is 0. The average Bonchev–Trinajstić information content (AvgIpc) is 3.31. The quantitative estimate of drug-likeness (QED) is 0.655. The first-order chi connectivity index (χ1) is 13.9. The number of methoxy groups -OCH3 is 3. The van der Waals surface area contributed by atoms with E-state index in [1.165, 1.54) is 21.3 Å². The van der Waals surface area contributed by atoms with E-state index in [9.17, 15) is 10.5 Å². The van der Waals surface area contributed by atoms with Gasteiger partial charge in [0.1, 0.15) is 17.0 Å². The Kier molecular flexibility index (Phi) is 5.08. The Morgan fingerprint density at radius 3 is 1.97 bits per heavy atom. The second kappa shape index (κ2) is 7.11. The molecule has 9 nitrogen and oxygen atoms in total. The van der Waals surface area contributed by atoms with Crippen LogP contribution in [0.15, 0.2) is 17.1 Å². The van der Waals surface area contributed by atoms with E-state index in [2.05, 4.69) is 17.1 Å². The molecule has 154 valence electrons. The lowest BCUT2D eigenvalue weighted by molar-refractivity contribution is -0.255. The van der Waals surface area contributed by atoms with E-state index in [4.69, 9.17) is 29.4 Å². The van der Waals surface area contributed by atoms with Gasteiger partial charge < -0.3 is 29.4 Å². The van der Waals surface area contributed by atoms with Crippen LogP contribution < -0.4 is 19.9 Å². The Bertz CT molecular complexity index is 928. The molecule has 0 aromatic heterocycles. The lowest BCUT2D eigenvalue weighted by Gasteiger charge is -2.32. The lowest BCUT2D eigenvalue weighted by Crippen LogP contribution is -2.43. The minimum absolute atomic E-state index is 0.00490. The average molecular weight is 400 g/mol. The first-order valence-electron chi connectivity index (χ1n) is 9.19. The number of rotatable bonds is 8. The van der Waals surface area contributed by atoms with Gasteiger partial charge in [0.25, 0.3) is 5.91 Å².